The fourth-order valence-corrected chi connectivity index (χ4v) is 4.15. The van der Waals surface area contributed by atoms with Crippen molar-refractivity contribution in [1.82, 2.24) is 0 Å². The molecule has 0 fully saturated rings. The van der Waals surface area contributed by atoms with Gasteiger partial charge in [-0.2, -0.15) is 0 Å². The molecule has 1 aromatic carbocycles. The molecule has 4 N–H and O–H groups in total. The largest absolute Gasteiger partial charge is 0.469 e. The highest BCUT2D eigenvalue weighted by Crippen LogP contribution is 2.37. The summed E-state index contributed by atoms with van der Waals surface area (Å²) in [5.41, 5.74) is 10.2. The van der Waals surface area contributed by atoms with Gasteiger partial charge in [-0.3, -0.25) is 4.52 Å². The Hall–Kier alpha value is -0.710. The summed E-state index contributed by atoms with van der Waals surface area (Å²) in [6.07, 6.45) is 11.8. The number of phosphoric acid groups is 1. The molecule has 5 nitrogen and oxygen atoms in total. The van der Waals surface area contributed by atoms with Gasteiger partial charge in [0.05, 0.1) is 6.61 Å². The van der Waals surface area contributed by atoms with Crippen LogP contribution in [0, 0.1) is 5.92 Å². The Morgan fingerprint density at radius 1 is 1.19 bits per heavy atom. The molecule has 0 aromatic heterocycles. The van der Waals surface area contributed by atoms with E-state index in [4.69, 9.17) is 15.5 Å². The molecular weight excluding hydrogens is 349 g/mol. The van der Waals surface area contributed by atoms with E-state index in [0.29, 0.717) is 0 Å². The van der Waals surface area contributed by atoms with Crippen LogP contribution < -0.4 is 5.73 Å². The number of nitrogens with two attached hydrogens (primary N) is 1. The molecule has 1 aromatic rings. The van der Waals surface area contributed by atoms with Gasteiger partial charge < -0.3 is 15.5 Å². The van der Waals surface area contributed by atoms with Gasteiger partial charge in [0.25, 0.3) is 0 Å². The van der Waals surface area contributed by atoms with E-state index < -0.39 is 7.82 Å². The Bertz CT molecular complexity index is 601. The van der Waals surface area contributed by atoms with Crippen LogP contribution in [0.4, 0.5) is 0 Å². The monoisotopic (exact) mass is 383 g/mol. The van der Waals surface area contributed by atoms with Crippen LogP contribution in [0.5, 0.6) is 0 Å². The lowest BCUT2D eigenvalue weighted by molar-refractivity contribution is 0.166. The van der Waals surface area contributed by atoms with Gasteiger partial charge in [-0.25, -0.2) is 4.57 Å². The van der Waals surface area contributed by atoms with Crippen LogP contribution >= 0.6 is 7.82 Å². The predicted octanol–water partition coefficient (Wildman–Crippen LogP) is 4.13. The van der Waals surface area contributed by atoms with E-state index in [-0.39, 0.29) is 18.6 Å². The molecule has 0 bridgehead atoms. The van der Waals surface area contributed by atoms with E-state index in [1.54, 1.807) is 0 Å². The third kappa shape index (κ3) is 7.50. The molecule has 0 aliphatic heterocycles. The average molecular weight is 383 g/mol. The standard InChI is InChI=1S/C20H34NO4P/c1-2-3-4-5-6-7-8-16-9-10-18-14-19(12-11-17(18)13-16)20(21)15-25-26(22,23)24/h9-10,13,19-20H,2-8,11-12,14-15,21H2,1H3,(H2,22,23,24). The van der Waals surface area contributed by atoms with Gasteiger partial charge in [0.2, 0.25) is 0 Å². The van der Waals surface area contributed by atoms with E-state index >= 15 is 0 Å². The highest BCUT2D eigenvalue weighted by atomic mass is 31.2. The first kappa shape index (κ1) is 21.6. The topological polar surface area (TPSA) is 92.8 Å². The van der Waals surface area contributed by atoms with Crippen LogP contribution in [0.2, 0.25) is 0 Å². The zero-order valence-electron chi connectivity index (χ0n) is 15.9. The minimum absolute atomic E-state index is 0.0968. The summed E-state index contributed by atoms with van der Waals surface area (Å²) < 4.78 is 15.4. The van der Waals surface area contributed by atoms with Crippen molar-refractivity contribution in [3.8, 4) is 0 Å². The zero-order valence-corrected chi connectivity index (χ0v) is 16.8. The van der Waals surface area contributed by atoms with E-state index in [0.717, 1.165) is 25.7 Å². The maximum absolute atomic E-state index is 10.8. The molecule has 26 heavy (non-hydrogen) atoms. The van der Waals surface area contributed by atoms with Crippen LogP contribution in [0.1, 0.15) is 68.6 Å². The van der Waals surface area contributed by atoms with Gasteiger partial charge in [-0.05, 0) is 54.7 Å². The molecule has 2 unspecified atom stereocenters. The second-order valence-electron chi connectivity index (χ2n) is 7.57. The van der Waals surface area contributed by atoms with E-state index in [1.165, 1.54) is 55.2 Å². The molecule has 148 valence electrons. The highest BCUT2D eigenvalue weighted by molar-refractivity contribution is 7.46. The molecule has 1 aliphatic carbocycles. The molecule has 0 radical (unpaired) electrons. The van der Waals surface area contributed by atoms with Crippen molar-refractivity contribution in [3.05, 3.63) is 34.9 Å². The van der Waals surface area contributed by atoms with Gasteiger partial charge in [0.15, 0.2) is 0 Å². The molecule has 0 saturated heterocycles. The predicted molar refractivity (Wildman–Crippen MR) is 105 cm³/mol. The maximum Gasteiger partial charge on any atom is 0.469 e. The molecule has 1 aliphatic rings. The zero-order chi connectivity index (χ0) is 19.0. The average Bonchev–Trinajstić information content (AvgIpc) is 2.61. The highest BCUT2D eigenvalue weighted by Gasteiger charge is 2.26. The first-order valence-corrected chi connectivity index (χ1v) is 11.5. The number of hydrogen-bond acceptors (Lipinski definition) is 3. The summed E-state index contributed by atoms with van der Waals surface area (Å²) in [5, 5.41) is 0. The first-order valence-electron chi connectivity index (χ1n) is 9.95. The lowest BCUT2D eigenvalue weighted by atomic mass is 9.79. The lowest BCUT2D eigenvalue weighted by Crippen LogP contribution is -2.37. The summed E-state index contributed by atoms with van der Waals surface area (Å²) in [6.45, 7) is 2.15. The van der Waals surface area contributed by atoms with Crippen molar-refractivity contribution in [3.63, 3.8) is 0 Å². The number of unbranched alkanes of at least 4 members (excludes halogenated alkanes) is 5. The molecular formula is C20H34NO4P. The fourth-order valence-electron chi connectivity index (χ4n) is 3.79. The number of hydrogen-bond donors (Lipinski definition) is 3. The van der Waals surface area contributed by atoms with Gasteiger partial charge in [0.1, 0.15) is 0 Å². The number of rotatable bonds is 11. The number of benzene rings is 1. The Kier molecular flexibility index (Phi) is 8.78. The van der Waals surface area contributed by atoms with E-state index in [9.17, 15) is 4.57 Å². The normalized spacial score (nSPS) is 18.5. The Morgan fingerprint density at radius 3 is 2.65 bits per heavy atom. The van der Waals surface area contributed by atoms with Crippen molar-refractivity contribution in [1.29, 1.82) is 0 Å². The smallest absolute Gasteiger partial charge is 0.325 e. The third-order valence-corrected chi connectivity index (χ3v) is 5.88. The quantitative estimate of drug-likeness (QED) is 0.395. The van der Waals surface area contributed by atoms with Crippen molar-refractivity contribution in [2.75, 3.05) is 6.61 Å². The number of fused-ring (bicyclic) bond motifs is 1. The van der Waals surface area contributed by atoms with Gasteiger partial charge in [-0.15, -0.1) is 0 Å². The van der Waals surface area contributed by atoms with Crippen molar-refractivity contribution in [2.45, 2.75) is 77.2 Å². The first-order chi connectivity index (χ1) is 12.4. The van der Waals surface area contributed by atoms with Crippen molar-refractivity contribution in [2.24, 2.45) is 11.7 Å². The minimum Gasteiger partial charge on any atom is -0.325 e. The third-order valence-electron chi connectivity index (χ3n) is 5.40. The van der Waals surface area contributed by atoms with Crippen molar-refractivity contribution >= 4 is 7.82 Å². The van der Waals surface area contributed by atoms with Crippen LogP contribution in [-0.4, -0.2) is 22.4 Å². The van der Waals surface area contributed by atoms with Crippen LogP contribution in [0.3, 0.4) is 0 Å². The minimum atomic E-state index is -4.44. The second-order valence-corrected chi connectivity index (χ2v) is 8.81. The van der Waals surface area contributed by atoms with Crippen LogP contribution in [0.15, 0.2) is 18.2 Å². The molecule has 0 heterocycles. The summed E-state index contributed by atoms with van der Waals surface area (Å²) in [7, 11) is -4.44. The van der Waals surface area contributed by atoms with Crippen molar-refractivity contribution < 1.29 is 18.9 Å². The Morgan fingerprint density at radius 2 is 1.92 bits per heavy atom. The Balaban J connectivity index is 1.80. The SMILES string of the molecule is CCCCCCCCc1ccc2c(c1)CCC(C(N)COP(=O)(O)O)C2. The summed E-state index contributed by atoms with van der Waals surface area (Å²) >= 11 is 0. The summed E-state index contributed by atoms with van der Waals surface area (Å²) in [6, 6.07) is 6.43. The van der Waals surface area contributed by atoms with Gasteiger partial charge in [-0.1, -0.05) is 57.2 Å². The molecule has 0 saturated carbocycles. The van der Waals surface area contributed by atoms with E-state index in [2.05, 4.69) is 29.6 Å². The van der Waals surface area contributed by atoms with E-state index in [1.807, 2.05) is 0 Å². The number of phosphoric ester groups is 1. The maximum atomic E-state index is 10.8. The van der Waals surface area contributed by atoms with Crippen LogP contribution in [0.25, 0.3) is 0 Å². The molecule has 6 heteroatoms. The molecule has 0 spiro atoms. The fraction of sp³-hybridized carbons (Fsp3) is 0.700. The lowest BCUT2D eigenvalue weighted by Gasteiger charge is -2.29. The summed E-state index contributed by atoms with van der Waals surface area (Å²) in [4.78, 5) is 17.6. The molecule has 2 atom stereocenters. The van der Waals surface area contributed by atoms with Crippen LogP contribution in [-0.2, 0) is 28.4 Å². The molecule has 0 amide bonds. The van der Waals surface area contributed by atoms with Gasteiger partial charge in [0, 0.05) is 6.04 Å². The van der Waals surface area contributed by atoms with Gasteiger partial charge >= 0.3 is 7.82 Å². The summed E-state index contributed by atoms with van der Waals surface area (Å²) in [5.74, 6) is 0.207. The molecule has 2 rings (SSSR count). The Labute approximate surface area is 157 Å². The second kappa shape index (κ2) is 10.6. The number of aryl methyl sites for hydroxylation is 2.